The third kappa shape index (κ3) is 3.89. The highest BCUT2D eigenvalue weighted by molar-refractivity contribution is 7.90. The molecule has 0 aliphatic carbocycles. The van der Waals surface area contributed by atoms with Crippen LogP contribution in [-0.2, 0) is 23.5 Å². The molecular weight excluding hydrogens is 386 g/mol. The van der Waals surface area contributed by atoms with Gasteiger partial charge in [-0.25, -0.2) is 18.1 Å². The fraction of sp³-hybridized carbons (Fsp3) is 0.158. The Morgan fingerprint density at radius 3 is 2.52 bits per heavy atom. The summed E-state index contributed by atoms with van der Waals surface area (Å²) in [5.74, 6) is -0.224. The maximum atomic E-state index is 12.5. The fourth-order valence-electron chi connectivity index (χ4n) is 2.76. The average Bonchev–Trinajstić information content (AvgIpc) is 3.03. The molecule has 1 heterocycles. The Kier molecular flexibility index (Phi) is 5.34. The Bertz CT molecular complexity index is 1110. The van der Waals surface area contributed by atoms with Crippen molar-refractivity contribution in [2.75, 3.05) is 0 Å². The minimum atomic E-state index is -4.10. The van der Waals surface area contributed by atoms with E-state index in [-0.39, 0.29) is 15.6 Å². The third-order valence-corrected chi connectivity index (χ3v) is 5.93. The van der Waals surface area contributed by atoms with Crippen molar-refractivity contribution in [1.82, 2.24) is 14.3 Å². The van der Waals surface area contributed by atoms with E-state index in [1.807, 2.05) is 35.9 Å². The lowest BCUT2D eigenvalue weighted by Gasteiger charge is -2.07. The normalized spacial score (nSPS) is 11.4. The van der Waals surface area contributed by atoms with E-state index in [0.717, 1.165) is 17.5 Å². The molecule has 3 aromatic rings. The van der Waals surface area contributed by atoms with Crippen LogP contribution in [-0.4, -0.2) is 23.9 Å². The third-order valence-electron chi connectivity index (χ3n) is 4.10. The summed E-state index contributed by atoms with van der Waals surface area (Å²) < 4.78 is 28.6. The standard InChI is InChI=1S/C19H18ClN3O3S/c1-3-13-8-4-5-9-14(13)18-21-16(12-23(18)2)19(24)22-27(25,26)17-11-7-6-10-15(17)20/h4-12H,3H2,1-2H3,(H,22,24). The number of halogens is 1. The molecule has 0 saturated carbocycles. The molecule has 0 radical (unpaired) electrons. The number of sulfonamides is 1. The molecule has 3 rings (SSSR count). The number of aryl methyl sites for hydroxylation is 2. The van der Waals surface area contributed by atoms with Crippen molar-refractivity contribution in [3.8, 4) is 11.4 Å². The first kappa shape index (κ1) is 19.1. The van der Waals surface area contributed by atoms with Gasteiger partial charge in [-0.05, 0) is 24.1 Å². The average molecular weight is 404 g/mol. The van der Waals surface area contributed by atoms with Gasteiger partial charge in [0.15, 0.2) is 0 Å². The summed E-state index contributed by atoms with van der Waals surface area (Å²) in [6, 6.07) is 13.7. The van der Waals surface area contributed by atoms with Gasteiger partial charge in [0.25, 0.3) is 15.9 Å². The summed E-state index contributed by atoms with van der Waals surface area (Å²) >= 11 is 5.93. The van der Waals surface area contributed by atoms with E-state index in [2.05, 4.69) is 4.98 Å². The second-order valence-corrected chi connectivity index (χ2v) is 7.99. The molecule has 0 fully saturated rings. The summed E-state index contributed by atoms with van der Waals surface area (Å²) in [5.41, 5.74) is 1.99. The minimum Gasteiger partial charge on any atom is -0.333 e. The molecule has 0 saturated heterocycles. The Labute approximate surface area is 162 Å². The first-order chi connectivity index (χ1) is 12.8. The first-order valence-corrected chi connectivity index (χ1v) is 10.1. The maximum absolute atomic E-state index is 12.5. The number of imidazole rings is 1. The molecule has 1 aromatic heterocycles. The number of rotatable bonds is 5. The molecule has 6 nitrogen and oxygen atoms in total. The van der Waals surface area contributed by atoms with E-state index >= 15 is 0 Å². The molecule has 0 bridgehead atoms. The van der Waals surface area contributed by atoms with Gasteiger partial charge in [-0.15, -0.1) is 0 Å². The quantitative estimate of drug-likeness (QED) is 0.707. The number of amides is 1. The van der Waals surface area contributed by atoms with Crippen LogP contribution in [0.4, 0.5) is 0 Å². The van der Waals surface area contributed by atoms with Gasteiger partial charge < -0.3 is 4.57 Å². The molecule has 0 spiro atoms. The summed E-state index contributed by atoms with van der Waals surface area (Å²) in [5, 5.41) is 0.0383. The molecule has 0 atom stereocenters. The van der Waals surface area contributed by atoms with Gasteiger partial charge in [0.1, 0.15) is 16.4 Å². The second-order valence-electron chi connectivity index (χ2n) is 5.94. The zero-order valence-corrected chi connectivity index (χ0v) is 16.4. The van der Waals surface area contributed by atoms with Crippen LogP contribution in [0.2, 0.25) is 5.02 Å². The molecule has 140 valence electrons. The number of benzene rings is 2. The zero-order chi connectivity index (χ0) is 19.6. The van der Waals surface area contributed by atoms with Gasteiger partial charge >= 0.3 is 0 Å². The summed E-state index contributed by atoms with van der Waals surface area (Å²) in [6.45, 7) is 2.03. The van der Waals surface area contributed by atoms with E-state index in [0.29, 0.717) is 5.82 Å². The van der Waals surface area contributed by atoms with E-state index < -0.39 is 15.9 Å². The van der Waals surface area contributed by atoms with Gasteiger partial charge in [-0.1, -0.05) is 54.9 Å². The summed E-state index contributed by atoms with van der Waals surface area (Å²) in [4.78, 5) is 16.7. The van der Waals surface area contributed by atoms with Crippen LogP contribution in [0.5, 0.6) is 0 Å². The highest BCUT2D eigenvalue weighted by Crippen LogP contribution is 2.24. The fourth-order valence-corrected chi connectivity index (χ4v) is 4.25. The van der Waals surface area contributed by atoms with E-state index in [1.54, 1.807) is 17.7 Å². The van der Waals surface area contributed by atoms with Crippen molar-refractivity contribution >= 4 is 27.5 Å². The van der Waals surface area contributed by atoms with Gasteiger partial charge in [0.05, 0.1) is 5.02 Å². The van der Waals surface area contributed by atoms with Crippen LogP contribution in [0.25, 0.3) is 11.4 Å². The van der Waals surface area contributed by atoms with Crippen LogP contribution in [0.1, 0.15) is 23.0 Å². The van der Waals surface area contributed by atoms with Crippen LogP contribution in [0.15, 0.2) is 59.6 Å². The number of nitrogens with zero attached hydrogens (tertiary/aromatic N) is 2. The van der Waals surface area contributed by atoms with E-state index in [9.17, 15) is 13.2 Å². The smallest absolute Gasteiger partial charge is 0.285 e. The Hall–Kier alpha value is -2.64. The van der Waals surface area contributed by atoms with Gasteiger partial charge in [-0.3, -0.25) is 4.79 Å². The number of carbonyl (C=O) groups excluding carboxylic acids is 1. The highest BCUT2D eigenvalue weighted by atomic mass is 35.5. The molecule has 27 heavy (non-hydrogen) atoms. The Morgan fingerprint density at radius 2 is 1.81 bits per heavy atom. The van der Waals surface area contributed by atoms with Crippen molar-refractivity contribution in [1.29, 1.82) is 0 Å². The SMILES string of the molecule is CCc1ccccc1-c1nc(C(=O)NS(=O)(=O)c2ccccc2Cl)cn1C. The van der Waals surface area contributed by atoms with Crippen molar-refractivity contribution in [2.24, 2.45) is 7.05 Å². The lowest BCUT2D eigenvalue weighted by atomic mass is 10.1. The second kappa shape index (κ2) is 7.54. The number of hydrogen-bond donors (Lipinski definition) is 1. The maximum Gasteiger partial charge on any atom is 0.285 e. The van der Waals surface area contributed by atoms with Crippen molar-refractivity contribution in [3.05, 3.63) is 71.0 Å². The lowest BCUT2D eigenvalue weighted by molar-refractivity contribution is 0.0977. The number of hydrogen-bond acceptors (Lipinski definition) is 4. The highest BCUT2D eigenvalue weighted by Gasteiger charge is 2.23. The van der Waals surface area contributed by atoms with Crippen molar-refractivity contribution < 1.29 is 13.2 Å². The zero-order valence-electron chi connectivity index (χ0n) is 14.8. The van der Waals surface area contributed by atoms with Gasteiger partial charge in [0.2, 0.25) is 0 Å². The van der Waals surface area contributed by atoms with E-state index in [1.165, 1.54) is 24.4 Å². The molecule has 2 aromatic carbocycles. The first-order valence-electron chi connectivity index (χ1n) is 8.26. The van der Waals surface area contributed by atoms with Crippen LogP contribution in [0.3, 0.4) is 0 Å². The molecule has 0 aliphatic rings. The monoisotopic (exact) mass is 403 g/mol. The topological polar surface area (TPSA) is 81.1 Å². The largest absolute Gasteiger partial charge is 0.333 e. The minimum absolute atomic E-state index is 0.00837. The molecule has 0 aliphatic heterocycles. The Morgan fingerprint density at radius 1 is 1.15 bits per heavy atom. The molecular formula is C19H18ClN3O3S. The van der Waals surface area contributed by atoms with Crippen LogP contribution >= 0.6 is 11.6 Å². The van der Waals surface area contributed by atoms with Crippen LogP contribution in [0, 0.1) is 0 Å². The predicted octanol–water partition coefficient (Wildman–Crippen LogP) is 3.42. The molecule has 1 N–H and O–H groups in total. The van der Waals surface area contributed by atoms with Crippen molar-refractivity contribution in [3.63, 3.8) is 0 Å². The summed E-state index contributed by atoms with van der Waals surface area (Å²) in [7, 11) is -2.34. The van der Waals surface area contributed by atoms with Crippen LogP contribution < -0.4 is 4.72 Å². The lowest BCUT2D eigenvalue weighted by Crippen LogP contribution is -2.31. The Balaban J connectivity index is 1.92. The number of carbonyl (C=O) groups is 1. The molecule has 0 unspecified atom stereocenters. The summed E-state index contributed by atoms with van der Waals surface area (Å²) in [6.07, 6.45) is 2.31. The number of nitrogens with one attached hydrogen (secondary N) is 1. The number of aromatic nitrogens is 2. The molecule has 1 amide bonds. The van der Waals surface area contributed by atoms with E-state index in [4.69, 9.17) is 11.6 Å². The molecule has 8 heteroatoms. The van der Waals surface area contributed by atoms with Gasteiger partial charge in [0, 0.05) is 18.8 Å². The van der Waals surface area contributed by atoms with Gasteiger partial charge in [-0.2, -0.15) is 0 Å². The van der Waals surface area contributed by atoms with Crippen molar-refractivity contribution in [2.45, 2.75) is 18.2 Å². The predicted molar refractivity (Wildman–Crippen MR) is 104 cm³/mol.